The van der Waals surface area contributed by atoms with E-state index in [1.54, 1.807) is 0 Å². The van der Waals surface area contributed by atoms with Gasteiger partial charge in [0.05, 0.1) is 5.56 Å². The average molecular weight is 224 g/mol. The van der Waals surface area contributed by atoms with Crippen LogP contribution in [0.4, 0.5) is 5.69 Å². The van der Waals surface area contributed by atoms with Gasteiger partial charge in [0.1, 0.15) is 6.17 Å². The van der Waals surface area contributed by atoms with Crippen molar-refractivity contribution in [1.82, 2.24) is 5.32 Å². The summed E-state index contributed by atoms with van der Waals surface area (Å²) in [6, 6.07) is 17.4. The van der Waals surface area contributed by atoms with Crippen LogP contribution < -0.4 is 10.6 Å². The summed E-state index contributed by atoms with van der Waals surface area (Å²) < 4.78 is 0. The third-order valence-electron chi connectivity index (χ3n) is 2.88. The highest BCUT2D eigenvalue weighted by Gasteiger charge is 2.23. The van der Waals surface area contributed by atoms with Crippen molar-refractivity contribution in [2.24, 2.45) is 0 Å². The van der Waals surface area contributed by atoms with Crippen LogP contribution in [0.2, 0.25) is 0 Å². The first-order chi connectivity index (χ1) is 8.34. The molecule has 0 unspecified atom stereocenters. The van der Waals surface area contributed by atoms with Crippen molar-refractivity contribution < 1.29 is 4.79 Å². The molecule has 3 rings (SSSR count). The van der Waals surface area contributed by atoms with E-state index in [0.29, 0.717) is 5.56 Å². The number of benzene rings is 2. The first-order valence-electron chi connectivity index (χ1n) is 5.56. The van der Waals surface area contributed by atoms with Crippen LogP contribution in [-0.2, 0) is 0 Å². The Hall–Kier alpha value is -2.29. The minimum Gasteiger partial charge on any atom is -0.361 e. The summed E-state index contributed by atoms with van der Waals surface area (Å²) in [5.74, 6) is -0.0341. The summed E-state index contributed by atoms with van der Waals surface area (Å²) >= 11 is 0. The van der Waals surface area contributed by atoms with E-state index >= 15 is 0 Å². The van der Waals surface area contributed by atoms with Gasteiger partial charge in [0.2, 0.25) is 0 Å². The Labute approximate surface area is 99.5 Å². The van der Waals surface area contributed by atoms with Crippen molar-refractivity contribution in [2.45, 2.75) is 6.17 Å². The molecule has 17 heavy (non-hydrogen) atoms. The van der Waals surface area contributed by atoms with Crippen molar-refractivity contribution in [2.75, 3.05) is 5.32 Å². The average Bonchev–Trinajstić information content (AvgIpc) is 2.40. The number of amides is 1. The molecular formula is C14H12N2O. The van der Waals surface area contributed by atoms with E-state index in [9.17, 15) is 4.79 Å². The van der Waals surface area contributed by atoms with Crippen LogP contribution >= 0.6 is 0 Å². The van der Waals surface area contributed by atoms with E-state index in [4.69, 9.17) is 0 Å². The quantitative estimate of drug-likeness (QED) is 0.781. The summed E-state index contributed by atoms with van der Waals surface area (Å²) in [6.07, 6.45) is -0.154. The molecule has 2 N–H and O–H groups in total. The smallest absolute Gasteiger partial charge is 0.255 e. The monoisotopic (exact) mass is 224 g/mol. The molecule has 1 amide bonds. The van der Waals surface area contributed by atoms with Crippen molar-refractivity contribution in [1.29, 1.82) is 0 Å². The van der Waals surface area contributed by atoms with Crippen LogP contribution in [-0.4, -0.2) is 5.91 Å². The lowest BCUT2D eigenvalue weighted by Gasteiger charge is -2.28. The van der Waals surface area contributed by atoms with Crippen LogP contribution in [0.25, 0.3) is 0 Å². The standard InChI is InChI=1S/C14H12N2O/c17-14-11-8-4-5-9-12(11)15-13(16-14)10-6-2-1-3-7-10/h1-9,13,15H,(H,16,17)/t13-/m1/s1. The maximum atomic E-state index is 11.9. The SMILES string of the molecule is O=C1N[C@H](c2ccccc2)Nc2ccccc21. The predicted octanol–water partition coefficient (Wildman–Crippen LogP) is 2.54. The zero-order valence-corrected chi connectivity index (χ0v) is 9.18. The highest BCUT2D eigenvalue weighted by atomic mass is 16.2. The molecule has 0 spiro atoms. The van der Waals surface area contributed by atoms with Gasteiger partial charge in [-0.2, -0.15) is 0 Å². The molecule has 84 valence electrons. The normalized spacial score (nSPS) is 17.9. The molecule has 0 aromatic heterocycles. The maximum absolute atomic E-state index is 11.9. The topological polar surface area (TPSA) is 41.1 Å². The Bertz CT molecular complexity index is 551. The minimum atomic E-state index is -0.154. The van der Waals surface area contributed by atoms with Crippen LogP contribution in [0.1, 0.15) is 22.1 Å². The molecule has 0 fully saturated rings. The number of hydrogen-bond acceptors (Lipinski definition) is 2. The lowest BCUT2D eigenvalue weighted by atomic mass is 10.1. The maximum Gasteiger partial charge on any atom is 0.255 e. The van der Waals surface area contributed by atoms with E-state index in [1.807, 2.05) is 54.6 Å². The molecule has 0 saturated carbocycles. The zero-order valence-electron chi connectivity index (χ0n) is 9.18. The van der Waals surface area contributed by atoms with Gasteiger partial charge in [-0.1, -0.05) is 42.5 Å². The lowest BCUT2D eigenvalue weighted by Crippen LogP contribution is -2.38. The fraction of sp³-hybridized carbons (Fsp3) is 0.0714. The molecule has 1 atom stereocenters. The van der Waals surface area contributed by atoms with E-state index in [2.05, 4.69) is 10.6 Å². The molecule has 0 saturated heterocycles. The lowest BCUT2D eigenvalue weighted by molar-refractivity contribution is 0.0935. The number of hydrogen-bond donors (Lipinski definition) is 2. The third kappa shape index (κ3) is 1.76. The van der Waals surface area contributed by atoms with Gasteiger partial charge in [-0.25, -0.2) is 0 Å². The van der Waals surface area contributed by atoms with Crippen LogP contribution in [0, 0.1) is 0 Å². The van der Waals surface area contributed by atoms with E-state index < -0.39 is 0 Å². The van der Waals surface area contributed by atoms with Crippen molar-refractivity contribution >= 4 is 11.6 Å². The largest absolute Gasteiger partial charge is 0.361 e. The molecule has 1 aliphatic rings. The number of carbonyl (C=O) groups excluding carboxylic acids is 1. The Morgan fingerprint density at radius 3 is 2.35 bits per heavy atom. The Morgan fingerprint density at radius 1 is 0.824 bits per heavy atom. The second-order valence-electron chi connectivity index (χ2n) is 4.01. The first-order valence-corrected chi connectivity index (χ1v) is 5.56. The van der Waals surface area contributed by atoms with Crippen molar-refractivity contribution in [3.63, 3.8) is 0 Å². The second-order valence-corrected chi connectivity index (χ2v) is 4.01. The number of anilines is 1. The van der Waals surface area contributed by atoms with Gasteiger partial charge in [0.15, 0.2) is 0 Å². The molecule has 2 aromatic carbocycles. The van der Waals surface area contributed by atoms with Gasteiger partial charge < -0.3 is 10.6 Å². The first kappa shape index (κ1) is 9.90. The fourth-order valence-corrected chi connectivity index (χ4v) is 2.02. The number of nitrogens with one attached hydrogen (secondary N) is 2. The summed E-state index contributed by atoms with van der Waals surface area (Å²) in [4.78, 5) is 11.9. The Balaban J connectivity index is 1.97. The number of fused-ring (bicyclic) bond motifs is 1. The van der Waals surface area contributed by atoms with Crippen molar-refractivity contribution in [3.8, 4) is 0 Å². The van der Waals surface area contributed by atoms with Crippen LogP contribution in [0.3, 0.4) is 0 Å². The molecule has 0 bridgehead atoms. The molecule has 1 aliphatic heterocycles. The van der Waals surface area contributed by atoms with E-state index in [-0.39, 0.29) is 12.1 Å². The van der Waals surface area contributed by atoms with Crippen LogP contribution in [0.5, 0.6) is 0 Å². The van der Waals surface area contributed by atoms with Gasteiger partial charge in [0.25, 0.3) is 5.91 Å². The van der Waals surface area contributed by atoms with Gasteiger partial charge in [-0.05, 0) is 17.7 Å². The second kappa shape index (κ2) is 3.94. The Kier molecular flexibility index (Phi) is 2.29. The van der Waals surface area contributed by atoms with Gasteiger partial charge >= 0.3 is 0 Å². The van der Waals surface area contributed by atoms with Crippen LogP contribution in [0.15, 0.2) is 54.6 Å². The fourth-order valence-electron chi connectivity index (χ4n) is 2.02. The number of para-hydroxylation sites is 1. The highest BCUT2D eigenvalue weighted by molar-refractivity contribution is 6.01. The molecular weight excluding hydrogens is 212 g/mol. The van der Waals surface area contributed by atoms with E-state index in [1.165, 1.54) is 0 Å². The highest BCUT2D eigenvalue weighted by Crippen LogP contribution is 2.25. The third-order valence-corrected chi connectivity index (χ3v) is 2.88. The minimum absolute atomic E-state index is 0.0341. The summed E-state index contributed by atoms with van der Waals surface area (Å²) in [6.45, 7) is 0. The number of rotatable bonds is 1. The molecule has 0 aliphatic carbocycles. The zero-order chi connectivity index (χ0) is 11.7. The summed E-state index contributed by atoms with van der Waals surface area (Å²) in [5, 5.41) is 6.25. The molecule has 2 aromatic rings. The predicted molar refractivity (Wildman–Crippen MR) is 66.7 cm³/mol. The molecule has 1 heterocycles. The summed E-state index contributed by atoms with van der Waals surface area (Å²) in [5.41, 5.74) is 2.63. The van der Waals surface area contributed by atoms with Gasteiger partial charge in [-0.15, -0.1) is 0 Å². The number of carbonyl (C=O) groups is 1. The molecule has 3 nitrogen and oxygen atoms in total. The Morgan fingerprint density at radius 2 is 1.53 bits per heavy atom. The molecule has 3 heteroatoms. The van der Waals surface area contributed by atoms with Crippen molar-refractivity contribution in [3.05, 3.63) is 65.7 Å². The van der Waals surface area contributed by atoms with E-state index in [0.717, 1.165) is 11.3 Å². The summed E-state index contributed by atoms with van der Waals surface area (Å²) in [7, 11) is 0. The molecule has 0 radical (unpaired) electrons. The van der Waals surface area contributed by atoms with Gasteiger partial charge in [-0.3, -0.25) is 4.79 Å². The van der Waals surface area contributed by atoms with Gasteiger partial charge in [0, 0.05) is 5.69 Å².